The van der Waals surface area contributed by atoms with Gasteiger partial charge in [0, 0.05) is 22.9 Å². The number of rotatable bonds is 5. The van der Waals surface area contributed by atoms with Crippen molar-refractivity contribution in [2.24, 2.45) is 0 Å². The standard InChI is InChI=1S/C21H20FN3O3/c1-13(14-2-5-17(22)6-3-14)25-20(26)15-4-7-18(16-11-23-24-12-16)19(10-15)21-27-8-9-28-21/h2-7,10-13,21H,8-9H2,1H3,(H,23,24)(H,25,26)/t13-/m1/s1. The fourth-order valence-electron chi connectivity index (χ4n) is 3.21. The summed E-state index contributed by atoms with van der Waals surface area (Å²) < 4.78 is 24.4. The van der Waals surface area contributed by atoms with Crippen LogP contribution in [-0.4, -0.2) is 29.3 Å². The molecule has 0 radical (unpaired) electrons. The van der Waals surface area contributed by atoms with Crippen LogP contribution in [0.15, 0.2) is 54.9 Å². The molecule has 1 aliphatic rings. The highest BCUT2D eigenvalue weighted by Crippen LogP contribution is 2.33. The van der Waals surface area contributed by atoms with E-state index in [2.05, 4.69) is 15.5 Å². The lowest BCUT2D eigenvalue weighted by Crippen LogP contribution is -2.26. The molecule has 1 atom stereocenters. The predicted molar refractivity (Wildman–Crippen MR) is 101 cm³/mol. The Hall–Kier alpha value is -3.03. The topological polar surface area (TPSA) is 76.2 Å². The number of aromatic amines is 1. The molecule has 1 aliphatic heterocycles. The second kappa shape index (κ2) is 7.92. The molecular formula is C21H20FN3O3. The Labute approximate surface area is 161 Å². The molecule has 2 heterocycles. The van der Waals surface area contributed by atoms with Crippen molar-refractivity contribution in [3.8, 4) is 11.1 Å². The van der Waals surface area contributed by atoms with Gasteiger partial charge in [-0.25, -0.2) is 4.39 Å². The van der Waals surface area contributed by atoms with E-state index in [1.165, 1.54) is 12.1 Å². The fraction of sp³-hybridized carbons (Fsp3) is 0.238. The van der Waals surface area contributed by atoms with E-state index in [9.17, 15) is 9.18 Å². The van der Waals surface area contributed by atoms with E-state index in [1.54, 1.807) is 36.7 Å². The maximum absolute atomic E-state index is 13.1. The number of ether oxygens (including phenoxy) is 2. The largest absolute Gasteiger partial charge is 0.346 e. The molecule has 0 bridgehead atoms. The molecule has 3 aromatic rings. The van der Waals surface area contributed by atoms with Crippen LogP contribution in [0.3, 0.4) is 0 Å². The Morgan fingerprint density at radius 1 is 1.21 bits per heavy atom. The van der Waals surface area contributed by atoms with Crippen molar-refractivity contribution in [1.29, 1.82) is 0 Å². The molecule has 1 fully saturated rings. The molecule has 6 nitrogen and oxygen atoms in total. The Kier molecular flexibility index (Phi) is 5.18. The molecule has 0 aliphatic carbocycles. The monoisotopic (exact) mass is 381 g/mol. The van der Waals surface area contributed by atoms with Gasteiger partial charge in [-0.2, -0.15) is 5.10 Å². The molecule has 7 heteroatoms. The maximum atomic E-state index is 13.1. The number of nitrogens with one attached hydrogen (secondary N) is 2. The molecule has 1 amide bonds. The van der Waals surface area contributed by atoms with Crippen LogP contribution < -0.4 is 5.32 Å². The average molecular weight is 381 g/mol. The van der Waals surface area contributed by atoms with Crippen molar-refractivity contribution < 1.29 is 18.7 Å². The minimum Gasteiger partial charge on any atom is -0.346 e. The highest BCUT2D eigenvalue weighted by molar-refractivity contribution is 5.95. The summed E-state index contributed by atoms with van der Waals surface area (Å²) in [6.07, 6.45) is 2.97. The normalized spacial score (nSPS) is 15.5. The van der Waals surface area contributed by atoms with E-state index in [1.807, 2.05) is 13.0 Å². The zero-order chi connectivity index (χ0) is 19.5. The van der Waals surface area contributed by atoms with Crippen LogP contribution >= 0.6 is 0 Å². The highest BCUT2D eigenvalue weighted by Gasteiger charge is 2.24. The number of carbonyl (C=O) groups is 1. The van der Waals surface area contributed by atoms with Crippen molar-refractivity contribution in [2.75, 3.05) is 13.2 Å². The first-order valence-corrected chi connectivity index (χ1v) is 9.04. The van der Waals surface area contributed by atoms with Gasteiger partial charge in [-0.1, -0.05) is 18.2 Å². The van der Waals surface area contributed by atoms with Gasteiger partial charge in [0.1, 0.15) is 5.82 Å². The van der Waals surface area contributed by atoms with Crippen LogP contribution in [0.4, 0.5) is 4.39 Å². The fourth-order valence-corrected chi connectivity index (χ4v) is 3.21. The number of benzene rings is 2. The molecular weight excluding hydrogens is 361 g/mol. The first-order chi connectivity index (χ1) is 13.6. The summed E-state index contributed by atoms with van der Waals surface area (Å²) in [4.78, 5) is 12.8. The minimum atomic E-state index is -0.521. The first kappa shape index (κ1) is 18.3. The number of hydrogen-bond donors (Lipinski definition) is 2. The van der Waals surface area contributed by atoms with Gasteiger partial charge in [0.2, 0.25) is 0 Å². The van der Waals surface area contributed by atoms with Gasteiger partial charge in [0.25, 0.3) is 5.91 Å². The van der Waals surface area contributed by atoms with Crippen LogP contribution in [0.1, 0.15) is 40.7 Å². The van der Waals surface area contributed by atoms with Gasteiger partial charge in [0.05, 0.1) is 25.5 Å². The van der Waals surface area contributed by atoms with E-state index in [-0.39, 0.29) is 17.8 Å². The lowest BCUT2D eigenvalue weighted by Gasteiger charge is -2.17. The van der Waals surface area contributed by atoms with Crippen molar-refractivity contribution in [3.63, 3.8) is 0 Å². The molecule has 1 aromatic heterocycles. The van der Waals surface area contributed by atoms with Gasteiger partial charge >= 0.3 is 0 Å². The second-order valence-corrected chi connectivity index (χ2v) is 6.61. The van der Waals surface area contributed by atoms with E-state index in [0.717, 1.165) is 22.3 Å². The van der Waals surface area contributed by atoms with Crippen molar-refractivity contribution in [2.45, 2.75) is 19.3 Å². The van der Waals surface area contributed by atoms with Crippen LogP contribution in [0, 0.1) is 5.82 Å². The van der Waals surface area contributed by atoms with Gasteiger partial charge in [-0.15, -0.1) is 0 Å². The molecule has 28 heavy (non-hydrogen) atoms. The molecule has 0 spiro atoms. The summed E-state index contributed by atoms with van der Waals surface area (Å²) in [6, 6.07) is 11.2. The quantitative estimate of drug-likeness (QED) is 0.706. The predicted octanol–water partition coefficient (Wildman–Crippen LogP) is 3.75. The zero-order valence-corrected chi connectivity index (χ0v) is 15.3. The summed E-state index contributed by atoms with van der Waals surface area (Å²) in [5.41, 5.74) is 3.88. The van der Waals surface area contributed by atoms with E-state index in [4.69, 9.17) is 9.47 Å². The Bertz CT molecular complexity index is 952. The summed E-state index contributed by atoms with van der Waals surface area (Å²) in [6.45, 7) is 2.87. The number of halogens is 1. The van der Waals surface area contributed by atoms with Crippen LogP contribution in [0.5, 0.6) is 0 Å². The first-order valence-electron chi connectivity index (χ1n) is 9.04. The molecule has 1 saturated heterocycles. The average Bonchev–Trinajstić information content (AvgIpc) is 3.42. The molecule has 0 unspecified atom stereocenters. The number of carbonyl (C=O) groups excluding carboxylic acids is 1. The summed E-state index contributed by atoms with van der Waals surface area (Å²) in [5.74, 6) is -0.534. The van der Waals surface area contributed by atoms with Gasteiger partial charge in [0.15, 0.2) is 6.29 Å². The Morgan fingerprint density at radius 2 is 1.96 bits per heavy atom. The third-order valence-electron chi connectivity index (χ3n) is 4.72. The number of aromatic nitrogens is 2. The number of hydrogen-bond acceptors (Lipinski definition) is 4. The Balaban J connectivity index is 1.59. The van der Waals surface area contributed by atoms with E-state index < -0.39 is 6.29 Å². The molecule has 0 saturated carbocycles. The third-order valence-corrected chi connectivity index (χ3v) is 4.72. The number of H-pyrrole nitrogens is 1. The van der Waals surface area contributed by atoms with Gasteiger partial charge in [-0.3, -0.25) is 9.89 Å². The molecule has 144 valence electrons. The maximum Gasteiger partial charge on any atom is 0.251 e. The van der Waals surface area contributed by atoms with Crippen LogP contribution in [0.2, 0.25) is 0 Å². The number of nitrogens with zero attached hydrogens (tertiary/aromatic N) is 1. The lowest BCUT2D eigenvalue weighted by atomic mass is 9.98. The number of amides is 1. The third kappa shape index (κ3) is 3.81. The molecule has 2 aromatic carbocycles. The van der Waals surface area contributed by atoms with Crippen LogP contribution in [-0.2, 0) is 9.47 Å². The van der Waals surface area contributed by atoms with Gasteiger partial charge < -0.3 is 14.8 Å². The highest BCUT2D eigenvalue weighted by atomic mass is 19.1. The smallest absolute Gasteiger partial charge is 0.251 e. The SMILES string of the molecule is C[C@@H](NC(=O)c1ccc(-c2cn[nH]c2)c(C2OCCO2)c1)c1ccc(F)cc1. The molecule has 2 N–H and O–H groups in total. The Morgan fingerprint density at radius 3 is 2.64 bits per heavy atom. The van der Waals surface area contributed by atoms with E-state index >= 15 is 0 Å². The lowest BCUT2D eigenvalue weighted by molar-refractivity contribution is -0.0437. The summed E-state index contributed by atoms with van der Waals surface area (Å²) >= 11 is 0. The zero-order valence-electron chi connectivity index (χ0n) is 15.3. The van der Waals surface area contributed by atoms with Crippen molar-refractivity contribution in [1.82, 2.24) is 15.5 Å². The summed E-state index contributed by atoms with van der Waals surface area (Å²) in [5, 5.41) is 9.73. The summed E-state index contributed by atoms with van der Waals surface area (Å²) in [7, 11) is 0. The molecule has 4 rings (SSSR count). The van der Waals surface area contributed by atoms with Gasteiger partial charge in [-0.05, 0) is 42.3 Å². The van der Waals surface area contributed by atoms with Crippen molar-refractivity contribution in [3.05, 3.63) is 77.4 Å². The second-order valence-electron chi connectivity index (χ2n) is 6.61. The van der Waals surface area contributed by atoms with E-state index in [0.29, 0.717) is 18.8 Å². The van der Waals surface area contributed by atoms with Crippen LogP contribution in [0.25, 0.3) is 11.1 Å². The minimum absolute atomic E-state index is 0.227. The van der Waals surface area contributed by atoms with Crippen molar-refractivity contribution >= 4 is 5.91 Å².